The molecule has 0 unspecified atom stereocenters. The van der Waals surface area contributed by atoms with Crippen molar-refractivity contribution in [1.82, 2.24) is 4.98 Å². The van der Waals surface area contributed by atoms with Gasteiger partial charge < -0.3 is 5.73 Å². The Labute approximate surface area is 110 Å². The molecule has 0 fully saturated rings. The molecule has 0 saturated heterocycles. The highest BCUT2D eigenvalue weighted by Gasteiger charge is 1.99. The number of hydrogen-bond acceptors (Lipinski definition) is 2. The van der Waals surface area contributed by atoms with Gasteiger partial charge in [-0.3, -0.25) is 0 Å². The Morgan fingerprint density at radius 1 is 1.06 bits per heavy atom. The van der Waals surface area contributed by atoms with Crippen molar-refractivity contribution >= 4 is 5.82 Å². The fourth-order valence-corrected chi connectivity index (χ4v) is 1.77. The molecule has 1 aromatic heterocycles. The molecule has 0 radical (unpaired) electrons. The van der Waals surface area contributed by atoms with Gasteiger partial charge in [-0.1, -0.05) is 51.5 Å². The predicted octanol–water partition coefficient (Wildman–Crippen LogP) is 4.31. The molecule has 18 heavy (non-hydrogen) atoms. The van der Waals surface area contributed by atoms with Gasteiger partial charge in [0.2, 0.25) is 0 Å². The van der Waals surface area contributed by atoms with Crippen LogP contribution in [0.2, 0.25) is 0 Å². The summed E-state index contributed by atoms with van der Waals surface area (Å²) < 4.78 is 0. The first-order valence-electron chi connectivity index (χ1n) is 6.60. The fraction of sp³-hybridized carbons (Fsp3) is 0.312. The Hall–Kier alpha value is -1.83. The first kappa shape index (κ1) is 14.2. The lowest BCUT2D eigenvalue weighted by Gasteiger charge is -2.04. The van der Waals surface area contributed by atoms with Gasteiger partial charge in [0, 0.05) is 11.8 Å². The number of pyridine rings is 1. The van der Waals surface area contributed by atoms with E-state index in [9.17, 15) is 0 Å². The van der Waals surface area contributed by atoms with E-state index < -0.39 is 0 Å². The maximum absolute atomic E-state index is 5.57. The highest BCUT2D eigenvalue weighted by atomic mass is 14.8. The van der Waals surface area contributed by atoms with E-state index in [4.69, 9.17) is 5.73 Å². The second kappa shape index (κ2) is 7.49. The summed E-state index contributed by atoms with van der Waals surface area (Å²) in [5.74, 6) is 0.563. The minimum absolute atomic E-state index is 0.563. The molecule has 0 spiro atoms. The van der Waals surface area contributed by atoms with Crippen LogP contribution >= 0.6 is 0 Å². The molecule has 2 aromatic rings. The van der Waals surface area contributed by atoms with Crippen LogP contribution in [0.5, 0.6) is 0 Å². The van der Waals surface area contributed by atoms with E-state index in [0.717, 1.165) is 12.0 Å². The summed E-state index contributed by atoms with van der Waals surface area (Å²) in [4.78, 5) is 4.11. The minimum Gasteiger partial charge on any atom is -0.384 e. The van der Waals surface area contributed by atoms with Crippen LogP contribution in [0.15, 0.2) is 42.6 Å². The Bertz CT molecular complexity index is 461. The van der Waals surface area contributed by atoms with Gasteiger partial charge in [0.05, 0.1) is 0 Å². The number of nitrogen functional groups attached to an aromatic ring is 1. The molecule has 96 valence electrons. The van der Waals surface area contributed by atoms with Crippen molar-refractivity contribution in [2.45, 2.75) is 33.6 Å². The van der Waals surface area contributed by atoms with Gasteiger partial charge in [0.15, 0.2) is 0 Å². The van der Waals surface area contributed by atoms with E-state index in [1.807, 2.05) is 32.2 Å². The maximum atomic E-state index is 5.57. The summed E-state index contributed by atoms with van der Waals surface area (Å²) >= 11 is 0. The molecule has 2 nitrogen and oxygen atoms in total. The number of hydrogen-bond donors (Lipinski definition) is 1. The number of rotatable bonds is 3. The van der Waals surface area contributed by atoms with Gasteiger partial charge in [-0.25, -0.2) is 4.98 Å². The van der Waals surface area contributed by atoms with Gasteiger partial charge in [0.25, 0.3) is 0 Å². The Morgan fingerprint density at radius 2 is 1.83 bits per heavy atom. The van der Waals surface area contributed by atoms with Crippen LogP contribution in [-0.4, -0.2) is 4.98 Å². The molecule has 1 aromatic carbocycles. The molecule has 0 atom stereocenters. The molecule has 0 aliphatic heterocycles. The number of nitrogens with two attached hydrogens (primary N) is 1. The number of benzene rings is 1. The number of nitrogens with zero attached hydrogens (tertiary/aromatic N) is 1. The van der Waals surface area contributed by atoms with Gasteiger partial charge >= 0.3 is 0 Å². The van der Waals surface area contributed by atoms with Crippen LogP contribution in [0, 0.1) is 0 Å². The quantitative estimate of drug-likeness (QED) is 0.871. The molecule has 0 amide bonds. The largest absolute Gasteiger partial charge is 0.384 e. The highest BCUT2D eigenvalue weighted by Crippen LogP contribution is 2.20. The topological polar surface area (TPSA) is 38.9 Å². The van der Waals surface area contributed by atoms with E-state index in [0.29, 0.717) is 5.82 Å². The van der Waals surface area contributed by atoms with Crippen LogP contribution in [0.1, 0.15) is 32.8 Å². The molecule has 0 saturated carbocycles. The van der Waals surface area contributed by atoms with Crippen molar-refractivity contribution in [3.8, 4) is 11.1 Å². The maximum Gasteiger partial charge on any atom is 0.123 e. The molecule has 0 aliphatic carbocycles. The van der Waals surface area contributed by atoms with Crippen LogP contribution in [-0.2, 0) is 6.42 Å². The third-order valence-corrected chi connectivity index (χ3v) is 2.59. The summed E-state index contributed by atoms with van der Waals surface area (Å²) in [6.45, 7) is 6.19. The van der Waals surface area contributed by atoms with Gasteiger partial charge in [-0.15, -0.1) is 0 Å². The zero-order valence-corrected chi connectivity index (χ0v) is 11.5. The molecule has 2 N–H and O–H groups in total. The standard InChI is InChI=1S/C14H16N2.C2H6/c1-2-4-11-5-3-6-12(9-11)13-7-8-14(15)16-10-13;1-2/h3,5-10H,2,4H2,1H3,(H2,15,16);1-2H3. The van der Waals surface area contributed by atoms with Gasteiger partial charge in [0.1, 0.15) is 5.82 Å². The van der Waals surface area contributed by atoms with Crippen molar-refractivity contribution < 1.29 is 0 Å². The first-order valence-corrected chi connectivity index (χ1v) is 6.60. The van der Waals surface area contributed by atoms with Crippen LogP contribution in [0.3, 0.4) is 0 Å². The second-order valence-corrected chi connectivity index (χ2v) is 3.92. The molecule has 0 aliphatic rings. The van der Waals surface area contributed by atoms with E-state index in [1.54, 1.807) is 0 Å². The monoisotopic (exact) mass is 242 g/mol. The van der Waals surface area contributed by atoms with Crippen LogP contribution < -0.4 is 5.73 Å². The Morgan fingerprint density at radius 3 is 2.44 bits per heavy atom. The lowest BCUT2D eigenvalue weighted by molar-refractivity contribution is 0.922. The highest BCUT2D eigenvalue weighted by molar-refractivity contribution is 5.64. The van der Waals surface area contributed by atoms with Crippen molar-refractivity contribution in [3.05, 3.63) is 48.2 Å². The van der Waals surface area contributed by atoms with Gasteiger partial charge in [-0.05, 0) is 29.7 Å². The normalized spacial score (nSPS) is 9.50. The van der Waals surface area contributed by atoms with E-state index in [2.05, 4.69) is 36.2 Å². The van der Waals surface area contributed by atoms with Crippen molar-refractivity contribution in [2.75, 3.05) is 5.73 Å². The summed E-state index contributed by atoms with van der Waals surface area (Å²) in [7, 11) is 0. The average molecular weight is 242 g/mol. The molecular formula is C16H22N2. The SMILES string of the molecule is CC.CCCc1cccc(-c2ccc(N)nc2)c1. The smallest absolute Gasteiger partial charge is 0.123 e. The lowest BCUT2D eigenvalue weighted by Crippen LogP contribution is -1.89. The zero-order valence-electron chi connectivity index (χ0n) is 11.5. The van der Waals surface area contributed by atoms with E-state index in [1.165, 1.54) is 17.5 Å². The summed E-state index contributed by atoms with van der Waals surface area (Å²) in [5, 5.41) is 0. The van der Waals surface area contributed by atoms with Crippen molar-refractivity contribution in [3.63, 3.8) is 0 Å². The molecule has 1 heterocycles. The molecule has 2 heteroatoms. The number of aromatic nitrogens is 1. The molecule has 0 bridgehead atoms. The van der Waals surface area contributed by atoms with Gasteiger partial charge in [-0.2, -0.15) is 0 Å². The van der Waals surface area contributed by atoms with E-state index >= 15 is 0 Å². The van der Waals surface area contributed by atoms with Crippen molar-refractivity contribution in [1.29, 1.82) is 0 Å². The third-order valence-electron chi connectivity index (χ3n) is 2.59. The second-order valence-electron chi connectivity index (χ2n) is 3.92. The third kappa shape index (κ3) is 3.88. The summed E-state index contributed by atoms with van der Waals surface area (Å²) in [6.07, 6.45) is 4.11. The Kier molecular flexibility index (Phi) is 5.92. The fourth-order valence-electron chi connectivity index (χ4n) is 1.77. The number of anilines is 1. The van der Waals surface area contributed by atoms with Crippen molar-refractivity contribution in [2.24, 2.45) is 0 Å². The lowest BCUT2D eigenvalue weighted by atomic mass is 10.0. The molecule has 2 rings (SSSR count). The van der Waals surface area contributed by atoms with Crippen LogP contribution in [0.25, 0.3) is 11.1 Å². The zero-order chi connectivity index (χ0) is 13.4. The summed E-state index contributed by atoms with van der Waals surface area (Å²) in [5.41, 5.74) is 9.27. The predicted molar refractivity (Wildman–Crippen MR) is 79.4 cm³/mol. The molecular weight excluding hydrogens is 220 g/mol. The van der Waals surface area contributed by atoms with Crippen LogP contribution in [0.4, 0.5) is 5.82 Å². The first-order chi connectivity index (χ1) is 8.79. The number of aryl methyl sites for hydroxylation is 1. The average Bonchev–Trinajstić information content (AvgIpc) is 2.43. The minimum atomic E-state index is 0.563. The Balaban J connectivity index is 0.000000771. The van der Waals surface area contributed by atoms with E-state index in [-0.39, 0.29) is 0 Å². The summed E-state index contributed by atoms with van der Waals surface area (Å²) in [6, 6.07) is 12.4.